The lowest BCUT2D eigenvalue weighted by Crippen LogP contribution is -2.47. The summed E-state index contributed by atoms with van der Waals surface area (Å²) in [5.41, 5.74) is 0. The van der Waals surface area contributed by atoms with Crippen molar-refractivity contribution in [2.45, 2.75) is 65.5 Å². The zero-order valence-electron chi connectivity index (χ0n) is 11.6. The first-order chi connectivity index (χ1) is 7.67. The lowest BCUT2D eigenvalue weighted by Gasteiger charge is -2.34. The van der Waals surface area contributed by atoms with Crippen molar-refractivity contribution < 1.29 is 0 Å². The molecule has 1 atom stereocenters. The van der Waals surface area contributed by atoms with Crippen LogP contribution in [0.2, 0.25) is 0 Å². The molecule has 0 bridgehead atoms. The molecule has 0 heterocycles. The molecular weight excluding hydrogens is 196 g/mol. The van der Waals surface area contributed by atoms with E-state index in [2.05, 4.69) is 37.9 Å². The van der Waals surface area contributed by atoms with Crippen molar-refractivity contribution in [3.05, 3.63) is 0 Å². The van der Waals surface area contributed by atoms with Crippen LogP contribution < -0.4 is 5.32 Å². The van der Waals surface area contributed by atoms with E-state index in [0.29, 0.717) is 0 Å². The third-order valence-electron chi connectivity index (χ3n) is 3.82. The fraction of sp³-hybridized carbons (Fsp3) is 1.00. The van der Waals surface area contributed by atoms with Gasteiger partial charge in [-0.2, -0.15) is 0 Å². The van der Waals surface area contributed by atoms with Crippen LogP contribution in [0.3, 0.4) is 0 Å². The largest absolute Gasteiger partial charge is 0.312 e. The van der Waals surface area contributed by atoms with Crippen LogP contribution in [-0.2, 0) is 0 Å². The summed E-state index contributed by atoms with van der Waals surface area (Å²) in [5, 5.41) is 3.73. The maximum Gasteiger partial charge on any atom is 0.0222 e. The molecule has 1 aliphatic rings. The first-order valence-corrected chi connectivity index (χ1v) is 7.14. The molecule has 0 aliphatic heterocycles. The van der Waals surface area contributed by atoms with Gasteiger partial charge in [-0.05, 0) is 38.3 Å². The summed E-state index contributed by atoms with van der Waals surface area (Å²) in [7, 11) is 0. The predicted octanol–water partition coefficient (Wildman–Crippen LogP) is 2.89. The summed E-state index contributed by atoms with van der Waals surface area (Å²) in [4.78, 5) is 2.60. The SMILES string of the molecule is CCN(CC)C(CNC1CCC1)CC(C)C. The maximum absolute atomic E-state index is 3.73. The molecule has 0 aromatic rings. The van der Waals surface area contributed by atoms with Crippen molar-refractivity contribution in [2.75, 3.05) is 19.6 Å². The van der Waals surface area contributed by atoms with E-state index in [-0.39, 0.29) is 0 Å². The number of likely N-dealkylation sites (N-methyl/N-ethyl adjacent to an activating group) is 1. The van der Waals surface area contributed by atoms with Gasteiger partial charge in [0, 0.05) is 18.6 Å². The van der Waals surface area contributed by atoms with Crippen LogP contribution >= 0.6 is 0 Å². The van der Waals surface area contributed by atoms with Gasteiger partial charge in [0.1, 0.15) is 0 Å². The molecule has 0 radical (unpaired) electrons. The average Bonchev–Trinajstić information content (AvgIpc) is 2.16. The number of hydrogen-bond donors (Lipinski definition) is 1. The fourth-order valence-corrected chi connectivity index (χ4v) is 2.56. The van der Waals surface area contributed by atoms with Crippen LogP contribution in [0.15, 0.2) is 0 Å². The molecule has 16 heavy (non-hydrogen) atoms. The molecule has 1 unspecified atom stereocenters. The Bertz CT molecular complexity index is 172. The monoisotopic (exact) mass is 226 g/mol. The second kappa shape index (κ2) is 7.29. The van der Waals surface area contributed by atoms with Gasteiger partial charge in [-0.3, -0.25) is 4.90 Å². The molecule has 1 rings (SSSR count). The van der Waals surface area contributed by atoms with Gasteiger partial charge in [0.05, 0.1) is 0 Å². The van der Waals surface area contributed by atoms with Crippen LogP contribution in [0, 0.1) is 5.92 Å². The highest BCUT2D eigenvalue weighted by molar-refractivity contribution is 4.81. The van der Waals surface area contributed by atoms with Crippen molar-refractivity contribution in [1.29, 1.82) is 0 Å². The van der Waals surface area contributed by atoms with Gasteiger partial charge in [0.2, 0.25) is 0 Å². The van der Waals surface area contributed by atoms with Gasteiger partial charge < -0.3 is 5.32 Å². The lowest BCUT2D eigenvalue weighted by molar-refractivity contribution is 0.174. The molecule has 96 valence electrons. The smallest absolute Gasteiger partial charge is 0.0222 e. The molecule has 2 nitrogen and oxygen atoms in total. The molecule has 0 aromatic carbocycles. The van der Waals surface area contributed by atoms with Crippen molar-refractivity contribution in [1.82, 2.24) is 10.2 Å². The number of rotatable bonds is 8. The summed E-state index contributed by atoms with van der Waals surface area (Å²) in [5.74, 6) is 0.800. The first kappa shape index (κ1) is 14.0. The van der Waals surface area contributed by atoms with Gasteiger partial charge in [0.15, 0.2) is 0 Å². The van der Waals surface area contributed by atoms with Crippen LogP contribution in [0.1, 0.15) is 53.4 Å². The standard InChI is InChI=1S/C14H30N2/c1-5-16(6-2)14(10-12(3)4)11-15-13-8-7-9-13/h12-15H,5-11H2,1-4H3. The van der Waals surface area contributed by atoms with Crippen molar-refractivity contribution in [3.63, 3.8) is 0 Å². The summed E-state index contributed by atoms with van der Waals surface area (Å²) in [6.45, 7) is 12.8. The minimum Gasteiger partial charge on any atom is -0.312 e. The molecule has 0 spiro atoms. The average molecular weight is 226 g/mol. The van der Waals surface area contributed by atoms with Crippen LogP contribution in [0.25, 0.3) is 0 Å². The van der Waals surface area contributed by atoms with Gasteiger partial charge in [-0.25, -0.2) is 0 Å². The molecule has 1 N–H and O–H groups in total. The second-order valence-corrected chi connectivity index (χ2v) is 5.54. The quantitative estimate of drug-likeness (QED) is 0.684. The second-order valence-electron chi connectivity index (χ2n) is 5.54. The predicted molar refractivity (Wildman–Crippen MR) is 71.8 cm³/mol. The Hall–Kier alpha value is -0.0800. The van der Waals surface area contributed by atoms with E-state index >= 15 is 0 Å². The Kier molecular flexibility index (Phi) is 6.37. The Morgan fingerprint density at radius 3 is 2.19 bits per heavy atom. The van der Waals surface area contributed by atoms with E-state index in [1.807, 2.05) is 0 Å². The fourth-order valence-electron chi connectivity index (χ4n) is 2.56. The molecule has 0 amide bonds. The van der Waals surface area contributed by atoms with Gasteiger partial charge in [0.25, 0.3) is 0 Å². The molecular formula is C14H30N2. The topological polar surface area (TPSA) is 15.3 Å². The Balaban J connectivity index is 2.34. The van der Waals surface area contributed by atoms with E-state index in [1.54, 1.807) is 0 Å². The Morgan fingerprint density at radius 2 is 1.81 bits per heavy atom. The minimum absolute atomic E-state index is 0.732. The summed E-state index contributed by atoms with van der Waals surface area (Å²) < 4.78 is 0. The van der Waals surface area contributed by atoms with E-state index in [4.69, 9.17) is 0 Å². The maximum atomic E-state index is 3.73. The summed E-state index contributed by atoms with van der Waals surface area (Å²) >= 11 is 0. The van der Waals surface area contributed by atoms with Gasteiger partial charge in [-0.15, -0.1) is 0 Å². The normalized spacial score (nSPS) is 19.1. The third-order valence-corrected chi connectivity index (χ3v) is 3.82. The van der Waals surface area contributed by atoms with Crippen molar-refractivity contribution in [2.24, 2.45) is 5.92 Å². The van der Waals surface area contributed by atoms with E-state index < -0.39 is 0 Å². The Morgan fingerprint density at radius 1 is 1.19 bits per heavy atom. The van der Waals surface area contributed by atoms with E-state index in [0.717, 1.165) is 18.0 Å². The van der Waals surface area contributed by atoms with E-state index in [1.165, 1.54) is 45.3 Å². The van der Waals surface area contributed by atoms with Gasteiger partial charge in [-0.1, -0.05) is 34.1 Å². The number of nitrogens with one attached hydrogen (secondary N) is 1. The molecule has 0 saturated heterocycles. The zero-order valence-corrected chi connectivity index (χ0v) is 11.6. The van der Waals surface area contributed by atoms with Crippen LogP contribution in [0.5, 0.6) is 0 Å². The van der Waals surface area contributed by atoms with E-state index in [9.17, 15) is 0 Å². The number of nitrogens with zero attached hydrogens (tertiary/aromatic N) is 1. The highest BCUT2D eigenvalue weighted by Crippen LogP contribution is 2.19. The minimum atomic E-state index is 0.732. The summed E-state index contributed by atoms with van der Waals surface area (Å²) in [6, 6.07) is 1.56. The highest BCUT2D eigenvalue weighted by atomic mass is 15.2. The number of hydrogen-bond acceptors (Lipinski definition) is 2. The molecule has 1 aliphatic carbocycles. The molecule has 0 aromatic heterocycles. The Labute approximate surface area is 102 Å². The van der Waals surface area contributed by atoms with Gasteiger partial charge >= 0.3 is 0 Å². The first-order valence-electron chi connectivity index (χ1n) is 7.14. The zero-order chi connectivity index (χ0) is 12.0. The highest BCUT2D eigenvalue weighted by Gasteiger charge is 2.21. The van der Waals surface area contributed by atoms with Crippen molar-refractivity contribution >= 4 is 0 Å². The molecule has 2 heteroatoms. The lowest BCUT2D eigenvalue weighted by atomic mass is 9.92. The molecule has 1 saturated carbocycles. The summed E-state index contributed by atoms with van der Waals surface area (Å²) in [6.07, 6.45) is 5.54. The van der Waals surface area contributed by atoms with Crippen molar-refractivity contribution in [3.8, 4) is 0 Å². The van der Waals surface area contributed by atoms with Crippen LogP contribution in [-0.4, -0.2) is 36.6 Å². The third kappa shape index (κ3) is 4.42. The molecule has 1 fully saturated rings. The van der Waals surface area contributed by atoms with Crippen LogP contribution in [0.4, 0.5) is 0 Å².